The van der Waals surface area contributed by atoms with Gasteiger partial charge in [-0.3, -0.25) is 4.79 Å². The predicted octanol–water partition coefficient (Wildman–Crippen LogP) is -1.11. The van der Waals surface area contributed by atoms with Crippen LogP contribution in [0.1, 0.15) is 6.92 Å². The molecule has 0 aliphatic carbocycles. The van der Waals surface area contributed by atoms with E-state index >= 15 is 0 Å². The van der Waals surface area contributed by atoms with E-state index in [2.05, 4.69) is 10.9 Å². The molecule has 0 saturated heterocycles. The van der Waals surface area contributed by atoms with Crippen LogP contribution in [0.25, 0.3) is 0 Å². The molecule has 0 amide bonds. The van der Waals surface area contributed by atoms with Gasteiger partial charge in [-0.25, -0.2) is 5.43 Å². The Morgan fingerprint density at radius 3 is 2.78 bits per heavy atom. The predicted molar refractivity (Wildman–Crippen MR) is 31.0 cm³/mol. The molecule has 9 heavy (non-hydrogen) atoms. The topological polar surface area (TPSA) is 61.4 Å². The Hall–Kier alpha value is -0.870. The van der Waals surface area contributed by atoms with Gasteiger partial charge >= 0.3 is 0 Å². The van der Waals surface area contributed by atoms with Gasteiger partial charge < -0.3 is 10.5 Å². The van der Waals surface area contributed by atoms with Gasteiger partial charge in [-0.1, -0.05) is 0 Å². The molecule has 4 nitrogen and oxygen atoms in total. The SMILES string of the molecule is CC1(O)NNC=CC1=O. The average Bonchev–Trinajstić information content (AvgIpc) is 1.77. The molecule has 1 aliphatic heterocycles. The first-order valence-electron chi connectivity index (χ1n) is 2.59. The molecule has 0 fully saturated rings. The van der Waals surface area contributed by atoms with Gasteiger partial charge in [-0.15, -0.1) is 0 Å². The number of ketones is 1. The lowest BCUT2D eigenvalue weighted by molar-refractivity contribution is -0.135. The van der Waals surface area contributed by atoms with Gasteiger partial charge in [-0.05, 0) is 6.92 Å². The number of carbonyl (C=O) groups excluding carboxylic acids is 1. The number of hydrazine groups is 1. The molecule has 0 bridgehead atoms. The van der Waals surface area contributed by atoms with E-state index in [1.165, 1.54) is 19.2 Å². The Kier molecular flexibility index (Phi) is 1.27. The second-order valence-electron chi connectivity index (χ2n) is 2.04. The minimum atomic E-state index is -1.45. The van der Waals surface area contributed by atoms with E-state index < -0.39 is 5.72 Å². The lowest BCUT2D eigenvalue weighted by atomic mass is 10.1. The molecule has 4 heteroatoms. The van der Waals surface area contributed by atoms with Crippen molar-refractivity contribution in [2.75, 3.05) is 0 Å². The molecule has 1 rings (SSSR count). The zero-order chi connectivity index (χ0) is 6.91. The van der Waals surface area contributed by atoms with Crippen LogP contribution in [0.5, 0.6) is 0 Å². The van der Waals surface area contributed by atoms with Crippen LogP contribution in [-0.2, 0) is 4.79 Å². The molecular weight excluding hydrogens is 120 g/mol. The van der Waals surface area contributed by atoms with E-state index in [1.54, 1.807) is 0 Å². The molecular formula is C5H8N2O2. The van der Waals surface area contributed by atoms with Gasteiger partial charge in [0.25, 0.3) is 0 Å². The maximum atomic E-state index is 10.7. The zero-order valence-corrected chi connectivity index (χ0v) is 5.01. The van der Waals surface area contributed by atoms with E-state index in [9.17, 15) is 4.79 Å². The van der Waals surface area contributed by atoms with Crippen LogP contribution in [-0.4, -0.2) is 16.6 Å². The average molecular weight is 128 g/mol. The maximum Gasteiger partial charge on any atom is 0.205 e. The first kappa shape index (κ1) is 6.25. The molecule has 0 spiro atoms. The van der Waals surface area contributed by atoms with E-state index in [-0.39, 0.29) is 5.78 Å². The first-order valence-corrected chi connectivity index (χ1v) is 2.59. The van der Waals surface area contributed by atoms with E-state index in [0.29, 0.717) is 0 Å². The fourth-order valence-electron chi connectivity index (χ4n) is 0.523. The summed E-state index contributed by atoms with van der Waals surface area (Å²) >= 11 is 0. The minimum Gasteiger partial charge on any atom is -0.368 e. The smallest absolute Gasteiger partial charge is 0.205 e. The number of aliphatic hydroxyl groups is 1. The summed E-state index contributed by atoms with van der Waals surface area (Å²) in [6, 6.07) is 0. The molecule has 0 radical (unpaired) electrons. The van der Waals surface area contributed by atoms with Gasteiger partial charge in [0.1, 0.15) is 0 Å². The van der Waals surface area contributed by atoms with Crippen molar-refractivity contribution >= 4 is 5.78 Å². The van der Waals surface area contributed by atoms with E-state index in [4.69, 9.17) is 5.11 Å². The third-order valence-electron chi connectivity index (χ3n) is 1.11. The zero-order valence-electron chi connectivity index (χ0n) is 5.01. The summed E-state index contributed by atoms with van der Waals surface area (Å²) in [6.07, 6.45) is 2.71. The third kappa shape index (κ3) is 1.09. The van der Waals surface area contributed by atoms with Gasteiger partial charge in [0.2, 0.25) is 5.78 Å². The Bertz CT molecular complexity index is 162. The maximum absolute atomic E-state index is 10.7. The fourth-order valence-corrected chi connectivity index (χ4v) is 0.523. The second-order valence-corrected chi connectivity index (χ2v) is 2.04. The quantitative estimate of drug-likeness (QED) is 0.387. The summed E-state index contributed by atoms with van der Waals surface area (Å²) in [4.78, 5) is 10.7. The van der Waals surface area contributed by atoms with Crippen molar-refractivity contribution in [3.05, 3.63) is 12.3 Å². The van der Waals surface area contributed by atoms with Crippen molar-refractivity contribution in [2.24, 2.45) is 0 Å². The van der Waals surface area contributed by atoms with Crippen LogP contribution in [0.3, 0.4) is 0 Å². The summed E-state index contributed by atoms with van der Waals surface area (Å²) in [7, 11) is 0. The van der Waals surface area contributed by atoms with Crippen LogP contribution in [0.4, 0.5) is 0 Å². The number of nitrogens with one attached hydrogen (secondary N) is 2. The number of rotatable bonds is 0. The van der Waals surface area contributed by atoms with Crippen molar-refractivity contribution in [3.8, 4) is 0 Å². The van der Waals surface area contributed by atoms with Crippen LogP contribution >= 0.6 is 0 Å². The number of hydrogen-bond acceptors (Lipinski definition) is 4. The number of hydrogen-bond donors (Lipinski definition) is 3. The highest BCUT2D eigenvalue weighted by molar-refractivity contribution is 5.96. The molecule has 0 aromatic rings. The van der Waals surface area contributed by atoms with E-state index in [1.807, 2.05) is 0 Å². The summed E-state index contributed by atoms with van der Waals surface area (Å²) in [5, 5.41) is 9.07. The lowest BCUT2D eigenvalue weighted by Crippen LogP contribution is -2.56. The number of carbonyl (C=O) groups is 1. The van der Waals surface area contributed by atoms with Crippen molar-refractivity contribution in [1.29, 1.82) is 0 Å². The Balaban J connectivity index is 2.78. The molecule has 50 valence electrons. The van der Waals surface area contributed by atoms with Crippen molar-refractivity contribution in [3.63, 3.8) is 0 Å². The van der Waals surface area contributed by atoms with Crippen molar-refractivity contribution < 1.29 is 9.90 Å². The molecule has 3 N–H and O–H groups in total. The lowest BCUT2D eigenvalue weighted by Gasteiger charge is -2.24. The molecule has 1 heterocycles. The normalized spacial score (nSPS) is 34.2. The van der Waals surface area contributed by atoms with Crippen LogP contribution in [0, 0.1) is 0 Å². The van der Waals surface area contributed by atoms with Gasteiger partial charge in [0, 0.05) is 12.3 Å². The second kappa shape index (κ2) is 1.82. The Morgan fingerprint density at radius 2 is 2.44 bits per heavy atom. The standard InChI is InChI=1S/C5H8N2O2/c1-5(9)4(8)2-3-6-7-5/h2-3,6-7,9H,1H3. The molecule has 1 atom stereocenters. The molecule has 1 unspecified atom stereocenters. The minimum absolute atomic E-state index is 0.346. The summed E-state index contributed by atoms with van der Waals surface area (Å²) in [5.41, 5.74) is 3.43. The van der Waals surface area contributed by atoms with Gasteiger partial charge in [0.05, 0.1) is 0 Å². The van der Waals surface area contributed by atoms with Gasteiger partial charge in [0.15, 0.2) is 5.72 Å². The first-order chi connectivity index (χ1) is 4.13. The van der Waals surface area contributed by atoms with Crippen molar-refractivity contribution in [1.82, 2.24) is 10.9 Å². The molecule has 0 aromatic heterocycles. The Morgan fingerprint density at radius 1 is 1.78 bits per heavy atom. The highest BCUT2D eigenvalue weighted by Gasteiger charge is 2.28. The fraction of sp³-hybridized carbons (Fsp3) is 0.400. The van der Waals surface area contributed by atoms with Crippen LogP contribution in [0.15, 0.2) is 12.3 Å². The van der Waals surface area contributed by atoms with Crippen LogP contribution < -0.4 is 10.9 Å². The third-order valence-corrected chi connectivity index (χ3v) is 1.11. The highest BCUT2D eigenvalue weighted by atomic mass is 16.3. The monoisotopic (exact) mass is 128 g/mol. The summed E-state index contributed by atoms with van der Waals surface area (Å²) < 4.78 is 0. The molecule has 1 aliphatic rings. The summed E-state index contributed by atoms with van der Waals surface area (Å²) in [5.74, 6) is -0.346. The molecule has 0 aromatic carbocycles. The Labute approximate surface area is 52.5 Å². The van der Waals surface area contributed by atoms with Crippen LogP contribution in [0.2, 0.25) is 0 Å². The largest absolute Gasteiger partial charge is 0.368 e. The van der Waals surface area contributed by atoms with Crippen molar-refractivity contribution in [2.45, 2.75) is 12.6 Å². The molecule has 0 saturated carbocycles. The highest BCUT2D eigenvalue weighted by Crippen LogP contribution is 2.01. The van der Waals surface area contributed by atoms with Gasteiger partial charge in [-0.2, -0.15) is 0 Å². The van der Waals surface area contributed by atoms with E-state index in [0.717, 1.165) is 0 Å². The summed E-state index contributed by atoms with van der Waals surface area (Å²) in [6.45, 7) is 1.38.